The summed E-state index contributed by atoms with van der Waals surface area (Å²) in [5, 5.41) is 12.5. The van der Waals surface area contributed by atoms with Gasteiger partial charge in [-0.3, -0.25) is 4.57 Å². The highest BCUT2D eigenvalue weighted by atomic mass is 35.5. The van der Waals surface area contributed by atoms with Crippen LogP contribution < -0.4 is 10.2 Å². The third kappa shape index (κ3) is 6.15. The van der Waals surface area contributed by atoms with Crippen molar-refractivity contribution in [1.82, 2.24) is 24.6 Å². The van der Waals surface area contributed by atoms with E-state index in [0.717, 1.165) is 24.3 Å². The van der Waals surface area contributed by atoms with Crippen molar-refractivity contribution < 1.29 is 9.53 Å². The molecule has 2 aromatic heterocycles. The number of pyridine rings is 1. The number of carbonyl (C=O) groups excluding carboxylic acids is 1. The highest BCUT2D eigenvalue weighted by Gasteiger charge is 2.25. The summed E-state index contributed by atoms with van der Waals surface area (Å²) in [6, 6.07) is 9.35. The first kappa shape index (κ1) is 25.1. The number of hydrogen-bond acceptors (Lipinski definition) is 7. The van der Waals surface area contributed by atoms with Crippen LogP contribution in [0.3, 0.4) is 0 Å². The number of anilines is 2. The van der Waals surface area contributed by atoms with Gasteiger partial charge in [0.25, 0.3) is 0 Å². The lowest BCUT2D eigenvalue weighted by molar-refractivity contribution is 0.0263. The van der Waals surface area contributed by atoms with Crippen molar-refractivity contribution in [3.05, 3.63) is 58.5 Å². The number of ether oxygens (including phenoxy) is 1. The molecule has 35 heavy (non-hydrogen) atoms. The minimum Gasteiger partial charge on any atom is -0.444 e. The van der Waals surface area contributed by atoms with Crippen molar-refractivity contribution in [2.75, 3.05) is 36.4 Å². The van der Waals surface area contributed by atoms with E-state index in [1.165, 1.54) is 0 Å². The van der Waals surface area contributed by atoms with Crippen LogP contribution in [0.5, 0.6) is 0 Å². The Balaban J connectivity index is 1.46. The van der Waals surface area contributed by atoms with E-state index in [2.05, 4.69) is 25.4 Å². The molecule has 0 atom stereocenters. The number of nitrogens with zero attached hydrogens (tertiary/aromatic N) is 6. The van der Waals surface area contributed by atoms with E-state index in [-0.39, 0.29) is 6.09 Å². The number of rotatable bonds is 5. The zero-order valence-corrected chi connectivity index (χ0v) is 21.6. The highest BCUT2D eigenvalue weighted by molar-refractivity contribution is 6.43. The molecule has 1 aliphatic heterocycles. The first-order valence-electron chi connectivity index (χ1n) is 11.5. The van der Waals surface area contributed by atoms with E-state index < -0.39 is 5.60 Å². The number of carbonyl (C=O) groups is 1. The summed E-state index contributed by atoms with van der Waals surface area (Å²) in [6.45, 7) is 8.78. The van der Waals surface area contributed by atoms with Crippen LogP contribution >= 0.6 is 23.2 Å². The highest BCUT2D eigenvalue weighted by Crippen LogP contribution is 2.30. The van der Waals surface area contributed by atoms with Crippen LogP contribution in [0.1, 0.15) is 32.8 Å². The van der Waals surface area contributed by atoms with E-state index in [4.69, 9.17) is 27.9 Å². The Labute approximate surface area is 215 Å². The fraction of sp³-hybridized carbons (Fsp3) is 0.417. The molecule has 9 nitrogen and oxygen atoms in total. The summed E-state index contributed by atoms with van der Waals surface area (Å²) >= 11 is 12.6. The normalized spacial score (nSPS) is 14.5. The van der Waals surface area contributed by atoms with Gasteiger partial charge < -0.3 is 19.9 Å². The number of aromatic nitrogens is 4. The smallest absolute Gasteiger partial charge is 0.410 e. The molecule has 0 saturated carbocycles. The summed E-state index contributed by atoms with van der Waals surface area (Å²) < 4.78 is 7.31. The molecule has 0 spiro atoms. The van der Waals surface area contributed by atoms with E-state index in [1.807, 2.05) is 45.0 Å². The zero-order chi connectivity index (χ0) is 25.0. The number of nitrogens with one attached hydrogen (secondary N) is 1. The molecule has 0 radical (unpaired) electrons. The minimum atomic E-state index is -0.515. The van der Waals surface area contributed by atoms with Crippen molar-refractivity contribution in [3.8, 4) is 5.69 Å². The number of benzene rings is 1. The lowest BCUT2D eigenvalue weighted by atomic mass is 10.2. The van der Waals surface area contributed by atoms with Gasteiger partial charge in [0.05, 0.1) is 15.7 Å². The standard InChI is InChI=1S/C24H29Cl2N7O2/c1-24(2,3)35-23(34)32-12-6-11-31(13-14-32)21-17(7-5-10-27-21)15-28-22-30-29-16-33(22)19-9-4-8-18(25)20(19)26/h4-5,7-10,16H,6,11-15H2,1-3H3,(H,28,30). The molecular formula is C24H29Cl2N7O2. The van der Waals surface area contributed by atoms with Crippen LogP contribution in [-0.2, 0) is 11.3 Å². The Kier molecular flexibility index (Phi) is 7.66. The summed E-state index contributed by atoms with van der Waals surface area (Å²) in [5.74, 6) is 1.41. The number of halogens is 2. The monoisotopic (exact) mass is 517 g/mol. The summed E-state index contributed by atoms with van der Waals surface area (Å²) in [6.07, 6.45) is 3.92. The van der Waals surface area contributed by atoms with Gasteiger partial charge in [-0.2, -0.15) is 0 Å². The maximum atomic E-state index is 12.5. The molecule has 1 N–H and O–H groups in total. The van der Waals surface area contributed by atoms with Crippen LogP contribution in [0.25, 0.3) is 5.69 Å². The molecule has 186 valence electrons. The van der Waals surface area contributed by atoms with Crippen LogP contribution in [0.15, 0.2) is 42.9 Å². The Morgan fingerprint density at radius 2 is 1.94 bits per heavy atom. The average molecular weight is 518 g/mol. The Morgan fingerprint density at radius 3 is 2.74 bits per heavy atom. The molecule has 1 aliphatic rings. The number of amides is 1. The van der Waals surface area contributed by atoms with E-state index in [0.29, 0.717) is 47.9 Å². The van der Waals surface area contributed by atoms with Crippen molar-refractivity contribution in [3.63, 3.8) is 0 Å². The van der Waals surface area contributed by atoms with Crippen molar-refractivity contribution in [2.24, 2.45) is 0 Å². The molecule has 11 heteroatoms. The van der Waals surface area contributed by atoms with Crippen LogP contribution in [-0.4, -0.2) is 62.5 Å². The fourth-order valence-electron chi connectivity index (χ4n) is 3.88. The predicted molar refractivity (Wildman–Crippen MR) is 138 cm³/mol. The van der Waals surface area contributed by atoms with Crippen molar-refractivity contribution in [1.29, 1.82) is 0 Å². The zero-order valence-electron chi connectivity index (χ0n) is 20.0. The molecule has 0 bridgehead atoms. The van der Waals surface area contributed by atoms with Crippen LogP contribution in [0.4, 0.5) is 16.6 Å². The quantitative estimate of drug-likeness (QED) is 0.507. The fourth-order valence-corrected chi connectivity index (χ4v) is 4.26. The number of hydrogen-bond donors (Lipinski definition) is 1. The predicted octanol–water partition coefficient (Wildman–Crippen LogP) is 5.03. The molecular weight excluding hydrogens is 489 g/mol. The van der Waals surface area contributed by atoms with Crippen LogP contribution in [0.2, 0.25) is 10.0 Å². The van der Waals surface area contributed by atoms with Gasteiger partial charge in [0.1, 0.15) is 17.7 Å². The van der Waals surface area contributed by atoms with E-state index in [9.17, 15) is 4.79 Å². The second kappa shape index (κ2) is 10.7. The Bertz CT molecular complexity index is 1180. The molecule has 1 aromatic carbocycles. The van der Waals surface area contributed by atoms with E-state index >= 15 is 0 Å². The minimum absolute atomic E-state index is 0.277. The van der Waals surface area contributed by atoms with Gasteiger partial charge in [0.2, 0.25) is 5.95 Å². The molecule has 1 fully saturated rings. The van der Waals surface area contributed by atoms with Crippen molar-refractivity contribution >= 4 is 41.1 Å². The Hall–Kier alpha value is -3.04. The van der Waals surface area contributed by atoms with Gasteiger partial charge in [-0.25, -0.2) is 9.78 Å². The molecule has 0 unspecified atom stereocenters. The average Bonchev–Trinajstić information content (AvgIpc) is 3.13. The van der Waals surface area contributed by atoms with Gasteiger partial charge in [0.15, 0.2) is 0 Å². The SMILES string of the molecule is CC(C)(C)OC(=O)N1CCCN(c2ncccc2CNc2nncn2-c2cccc(Cl)c2Cl)CC1. The summed E-state index contributed by atoms with van der Waals surface area (Å²) in [4.78, 5) is 21.2. The summed E-state index contributed by atoms with van der Waals surface area (Å²) in [7, 11) is 0. The van der Waals surface area contributed by atoms with E-state index in [1.54, 1.807) is 28.1 Å². The second-order valence-electron chi connectivity index (χ2n) is 9.25. The van der Waals surface area contributed by atoms with Crippen LogP contribution in [0, 0.1) is 0 Å². The molecule has 0 aliphatic carbocycles. The first-order valence-corrected chi connectivity index (χ1v) is 12.2. The Morgan fingerprint density at radius 1 is 1.11 bits per heavy atom. The molecule has 1 amide bonds. The van der Waals surface area contributed by atoms with Gasteiger partial charge in [-0.15, -0.1) is 10.2 Å². The lowest BCUT2D eigenvalue weighted by Crippen LogP contribution is -2.39. The molecule has 1 saturated heterocycles. The largest absolute Gasteiger partial charge is 0.444 e. The second-order valence-corrected chi connectivity index (χ2v) is 10.0. The van der Waals surface area contributed by atoms with Gasteiger partial charge in [-0.05, 0) is 45.4 Å². The maximum absolute atomic E-state index is 12.5. The topological polar surface area (TPSA) is 88.4 Å². The third-order valence-electron chi connectivity index (χ3n) is 5.49. The summed E-state index contributed by atoms with van der Waals surface area (Å²) in [5.41, 5.74) is 1.18. The molecule has 3 heterocycles. The van der Waals surface area contributed by atoms with Gasteiger partial charge in [-0.1, -0.05) is 35.3 Å². The van der Waals surface area contributed by atoms with Crippen molar-refractivity contribution in [2.45, 2.75) is 39.3 Å². The molecule has 3 aromatic rings. The maximum Gasteiger partial charge on any atom is 0.410 e. The molecule has 4 rings (SSSR count). The lowest BCUT2D eigenvalue weighted by Gasteiger charge is -2.27. The third-order valence-corrected chi connectivity index (χ3v) is 6.30. The van der Waals surface area contributed by atoms with Gasteiger partial charge >= 0.3 is 6.09 Å². The van der Waals surface area contributed by atoms with Gasteiger partial charge in [0, 0.05) is 44.5 Å². The first-order chi connectivity index (χ1) is 16.7.